The Morgan fingerprint density at radius 1 is 1.19 bits per heavy atom. The maximum Gasteiger partial charge on any atom is 0.241 e. The van der Waals surface area contributed by atoms with Crippen molar-refractivity contribution in [2.75, 3.05) is 6.54 Å². The number of aryl methyl sites for hydroxylation is 1. The fourth-order valence-electron chi connectivity index (χ4n) is 1.78. The van der Waals surface area contributed by atoms with Crippen molar-refractivity contribution in [3.05, 3.63) is 27.7 Å². The third-order valence-corrected chi connectivity index (χ3v) is 5.73. The molecule has 0 spiro atoms. The first-order valence-electron chi connectivity index (χ1n) is 7.15. The average Bonchev–Trinajstić information content (AvgIpc) is 2.37. The summed E-state index contributed by atoms with van der Waals surface area (Å²) in [6.07, 6.45) is 0. The van der Waals surface area contributed by atoms with Gasteiger partial charge < -0.3 is 5.32 Å². The van der Waals surface area contributed by atoms with Gasteiger partial charge in [0.15, 0.2) is 0 Å². The van der Waals surface area contributed by atoms with Crippen LogP contribution in [0.4, 0.5) is 0 Å². The summed E-state index contributed by atoms with van der Waals surface area (Å²) in [5, 5.41) is 3.31. The van der Waals surface area contributed by atoms with Crippen LogP contribution in [0.3, 0.4) is 0 Å². The van der Waals surface area contributed by atoms with Gasteiger partial charge in [-0.15, -0.1) is 0 Å². The van der Waals surface area contributed by atoms with Crippen LogP contribution in [0.5, 0.6) is 0 Å². The summed E-state index contributed by atoms with van der Waals surface area (Å²) in [4.78, 5) is 0.309. The molecule has 0 bridgehead atoms. The van der Waals surface area contributed by atoms with E-state index in [0.717, 1.165) is 11.1 Å². The van der Waals surface area contributed by atoms with E-state index >= 15 is 0 Å². The van der Waals surface area contributed by atoms with Crippen LogP contribution in [-0.4, -0.2) is 21.0 Å². The number of nitrogens with one attached hydrogen (secondary N) is 2. The van der Waals surface area contributed by atoms with Gasteiger partial charge in [0.25, 0.3) is 0 Å². The Labute approximate surface area is 136 Å². The molecule has 0 amide bonds. The molecule has 0 saturated carbocycles. The Balaban J connectivity index is 3.10. The van der Waals surface area contributed by atoms with E-state index in [1.807, 2.05) is 26.8 Å². The third kappa shape index (κ3) is 5.70. The molecule has 1 aromatic carbocycles. The van der Waals surface area contributed by atoms with Crippen LogP contribution in [0, 0.1) is 12.8 Å². The molecule has 0 aromatic heterocycles. The van der Waals surface area contributed by atoms with Crippen molar-refractivity contribution in [3.8, 4) is 0 Å². The van der Waals surface area contributed by atoms with Gasteiger partial charge in [0.05, 0.1) is 4.90 Å². The van der Waals surface area contributed by atoms with Crippen LogP contribution < -0.4 is 10.0 Å². The lowest BCUT2D eigenvalue weighted by Gasteiger charge is -2.15. The van der Waals surface area contributed by atoms with Gasteiger partial charge in [-0.05, 0) is 46.0 Å². The van der Waals surface area contributed by atoms with Crippen LogP contribution >= 0.6 is 15.9 Å². The highest BCUT2D eigenvalue weighted by Crippen LogP contribution is 2.27. The maximum atomic E-state index is 12.4. The van der Waals surface area contributed by atoms with Gasteiger partial charge in [0.2, 0.25) is 10.0 Å². The van der Waals surface area contributed by atoms with E-state index in [0.29, 0.717) is 28.5 Å². The Bertz CT molecular complexity index is 584. The molecule has 6 heteroatoms. The standard InChI is InChI=1S/C15H25BrN2O2S/c1-10(2)8-18-21(19,20)14-7-13(9-17-11(3)4)6-12(5)15(14)16/h6-7,10-11,17-18H,8-9H2,1-5H3. The number of sulfonamides is 1. The summed E-state index contributed by atoms with van der Waals surface area (Å²) in [6, 6.07) is 4.09. The first-order valence-corrected chi connectivity index (χ1v) is 9.43. The molecule has 0 aliphatic rings. The molecule has 120 valence electrons. The minimum Gasteiger partial charge on any atom is -0.310 e. The molecule has 0 unspecified atom stereocenters. The maximum absolute atomic E-state index is 12.4. The predicted molar refractivity (Wildman–Crippen MR) is 90.9 cm³/mol. The zero-order chi connectivity index (χ0) is 16.2. The molecule has 0 radical (unpaired) electrons. The van der Waals surface area contributed by atoms with Gasteiger partial charge in [0, 0.05) is 23.6 Å². The highest BCUT2D eigenvalue weighted by molar-refractivity contribution is 9.10. The molecule has 21 heavy (non-hydrogen) atoms. The minimum atomic E-state index is -3.49. The SMILES string of the molecule is Cc1cc(CNC(C)C)cc(S(=O)(=O)NCC(C)C)c1Br. The fraction of sp³-hybridized carbons (Fsp3) is 0.600. The number of hydrogen-bond acceptors (Lipinski definition) is 3. The second-order valence-corrected chi connectivity index (χ2v) is 8.53. The van der Waals surface area contributed by atoms with Gasteiger partial charge >= 0.3 is 0 Å². The summed E-state index contributed by atoms with van der Waals surface area (Å²) < 4.78 is 28.2. The van der Waals surface area contributed by atoms with Crippen LogP contribution in [0.1, 0.15) is 38.8 Å². The smallest absolute Gasteiger partial charge is 0.241 e. The van der Waals surface area contributed by atoms with Crippen LogP contribution in [0.2, 0.25) is 0 Å². The first-order chi connectivity index (χ1) is 9.63. The van der Waals surface area contributed by atoms with Gasteiger partial charge in [-0.3, -0.25) is 0 Å². The number of hydrogen-bond donors (Lipinski definition) is 2. The van der Waals surface area contributed by atoms with E-state index < -0.39 is 10.0 Å². The van der Waals surface area contributed by atoms with E-state index in [4.69, 9.17) is 0 Å². The van der Waals surface area contributed by atoms with Gasteiger partial charge in [-0.25, -0.2) is 13.1 Å². The third-order valence-electron chi connectivity index (χ3n) is 2.97. The largest absolute Gasteiger partial charge is 0.310 e. The molecular formula is C15H25BrN2O2S. The summed E-state index contributed by atoms with van der Waals surface area (Å²) >= 11 is 3.40. The van der Waals surface area contributed by atoms with Gasteiger partial charge in [-0.1, -0.05) is 33.8 Å². The monoisotopic (exact) mass is 376 g/mol. The van der Waals surface area contributed by atoms with Crippen molar-refractivity contribution in [2.24, 2.45) is 5.92 Å². The quantitative estimate of drug-likeness (QED) is 0.767. The second kappa shape index (κ2) is 7.72. The van der Waals surface area contributed by atoms with Crippen molar-refractivity contribution in [2.45, 2.75) is 52.1 Å². The van der Waals surface area contributed by atoms with Crippen molar-refractivity contribution in [1.82, 2.24) is 10.0 Å². The van der Waals surface area contributed by atoms with Crippen molar-refractivity contribution < 1.29 is 8.42 Å². The van der Waals surface area contributed by atoms with Crippen LogP contribution in [-0.2, 0) is 16.6 Å². The lowest BCUT2D eigenvalue weighted by atomic mass is 10.1. The van der Waals surface area contributed by atoms with Gasteiger partial charge in [-0.2, -0.15) is 0 Å². The Kier molecular flexibility index (Phi) is 6.84. The zero-order valence-electron chi connectivity index (χ0n) is 13.3. The molecular weight excluding hydrogens is 352 g/mol. The van der Waals surface area contributed by atoms with Crippen molar-refractivity contribution >= 4 is 26.0 Å². The predicted octanol–water partition coefficient (Wildman–Crippen LogP) is 3.19. The molecule has 0 aliphatic heterocycles. The molecule has 0 heterocycles. The van der Waals surface area contributed by atoms with Crippen molar-refractivity contribution in [1.29, 1.82) is 0 Å². The summed E-state index contributed by atoms with van der Waals surface area (Å²) in [6.45, 7) is 11.1. The van der Waals surface area contributed by atoms with Crippen LogP contribution in [0.25, 0.3) is 0 Å². The molecule has 1 aromatic rings. The highest BCUT2D eigenvalue weighted by atomic mass is 79.9. The summed E-state index contributed by atoms with van der Waals surface area (Å²) in [5.74, 6) is 0.269. The molecule has 0 atom stereocenters. The topological polar surface area (TPSA) is 58.2 Å². The molecule has 4 nitrogen and oxygen atoms in total. The number of halogens is 1. The zero-order valence-corrected chi connectivity index (χ0v) is 15.7. The normalized spacial score (nSPS) is 12.4. The molecule has 2 N–H and O–H groups in total. The van der Waals surface area contributed by atoms with E-state index in [2.05, 4.69) is 39.8 Å². The van der Waals surface area contributed by atoms with E-state index in [1.165, 1.54) is 0 Å². The Morgan fingerprint density at radius 3 is 2.33 bits per heavy atom. The summed E-state index contributed by atoms with van der Waals surface area (Å²) in [7, 11) is -3.49. The Hall–Kier alpha value is -0.430. The summed E-state index contributed by atoms with van der Waals surface area (Å²) in [5.41, 5.74) is 1.89. The average molecular weight is 377 g/mol. The van der Waals surface area contributed by atoms with Crippen molar-refractivity contribution in [3.63, 3.8) is 0 Å². The highest BCUT2D eigenvalue weighted by Gasteiger charge is 2.20. The molecule has 1 rings (SSSR count). The Morgan fingerprint density at radius 2 is 1.81 bits per heavy atom. The first kappa shape index (κ1) is 18.6. The molecule has 0 saturated heterocycles. The minimum absolute atomic E-state index is 0.269. The lowest BCUT2D eigenvalue weighted by molar-refractivity contribution is 0.559. The number of rotatable bonds is 7. The molecule has 0 fully saturated rings. The van der Waals surface area contributed by atoms with E-state index in [1.54, 1.807) is 6.07 Å². The van der Waals surface area contributed by atoms with E-state index in [9.17, 15) is 8.42 Å². The number of benzene rings is 1. The fourth-order valence-corrected chi connectivity index (χ4v) is 4.06. The van der Waals surface area contributed by atoms with Gasteiger partial charge in [0.1, 0.15) is 0 Å². The second-order valence-electron chi connectivity index (χ2n) is 6.01. The van der Waals surface area contributed by atoms with E-state index in [-0.39, 0.29) is 5.92 Å². The molecule has 0 aliphatic carbocycles. The lowest BCUT2D eigenvalue weighted by Crippen LogP contribution is -2.28. The van der Waals surface area contributed by atoms with Crippen LogP contribution in [0.15, 0.2) is 21.5 Å².